The first kappa shape index (κ1) is 10.2. The van der Waals surface area contributed by atoms with Gasteiger partial charge >= 0.3 is 0 Å². The van der Waals surface area contributed by atoms with Crippen molar-refractivity contribution in [1.82, 2.24) is 4.98 Å². The molecule has 1 aromatic carbocycles. The van der Waals surface area contributed by atoms with Gasteiger partial charge in [0.1, 0.15) is 11.6 Å². The molecule has 0 aliphatic heterocycles. The average Bonchev–Trinajstić information content (AvgIpc) is 2.22. The van der Waals surface area contributed by atoms with Crippen LogP contribution in [0.1, 0.15) is 5.56 Å². The standard InChI is InChI=1S/C11H11BrN2O/c1-6-5-7-9(15-2)4-3-8(12)10(7)14-11(6)13/h3-5H,1-2H3,(H2,13,14). The van der Waals surface area contributed by atoms with Gasteiger partial charge in [0.15, 0.2) is 0 Å². The maximum absolute atomic E-state index is 5.77. The van der Waals surface area contributed by atoms with E-state index in [1.54, 1.807) is 7.11 Å². The van der Waals surface area contributed by atoms with Crippen molar-refractivity contribution >= 4 is 32.7 Å². The number of methoxy groups -OCH3 is 1. The Morgan fingerprint density at radius 3 is 2.80 bits per heavy atom. The molecule has 0 spiro atoms. The van der Waals surface area contributed by atoms with Crippen LogP contribution in [-0.4, -0.2) is 12.1 Å². The van der Waals surface area contributed by atoms with Crippen LogP contribution in [0, 0.1) is 6.92 Å². The van der Waals surface area contributed by atoms with Crippen LogP contribution in [0.15, 0.2) is 22.7 Å². The fraction of sp³-hybridized carbons (Fsp3) is 0.182. The molecule has 0 unspecified atom stereocenters. The number of hydrogen-bond donors (Lipinski definition) is 1. The lowest BCUT2D eigenvalue weighted by Gasteiger charge is -2.08. The molecule has 4 heteroatoms. The Morgan fingerprint density at radius 1 is 1.40 bits per heavy atom. The first-order valence-electron chi connectivity index (χ1n) is 4.53. The normalized spacial score (nSPS) is 10.6. The minimum Gasteiger partial charge on any atom is -0.496 e. The van der Waals surface area contributed by atoms with Gasteiger partial charge in [0.25, 0.3) is 0 Å². The van der Waals surface area contributed by atoms with Gasteiger partial charge in [0, 0.05) is 9.86 Å². The lowest BCUT2D eigenvalue weighted by Crippen LogP contribution is -1.96. The number of aromatic nitrogens is 1. The van der Waals surface area contributed by atoms with Crippen LogP contribution in [0.25, 0.3) is 10.9 Å². The van der Waals surface area contributed by atoms with Crippen LogP contribution < -0.4 is 10.5 Å². The number of fused-ring (bicyclic) bond motifs is 1. The lowest BCUT2D eigenvalue weighted by atomic mass is 10.1. The number of pyridine rings is 1. The molecule has 1 aromatic heterocycles. The summed E-state index contributed by atoms with van der Waals surface area (Å²) >= 11 is 3.45. The lowest BCUT2D eigenvalue weighted by molar-refractivity contribution is 0.419. The van der Waals surface area contributed by atoms with Crippen LogP contribution in [0.4, 0.5) is 5.82 Å². The first-order chi connectivity index (χ1) is 7.13. The predicted octanol–water partition coefficient (Wildman–Crippen LogP) is 2.90. The van der Waals surface area contributed by atoms with Crippen molar-refractivity contribution in [2.75, 3.05) is 12.8 Å². The van der Waals surface area contributed by atoms with E-state index in [9.17, 15) is 0 Å². The summed E-state index contributed by atoms with van der Waals surface area (Å²) in [7, 11) is 1.65. The zero-order chi connectivity index (χ0) is 11.0. The Balaban J connectivity index is 2.88. The molecule has 0 radical (unpaired) electrons. The Hall–Kier alpha value is -1.29. The third kappa shape index (κ3) is 1.65. The highest BCUT2D eigenvalue weighted by molar-refractivity contribution is 9.10. The van der Waals surface area contributed by atoms with Gasteiger partial charge in [-0.2, -0.15) is 0 Å². The van der Waals surface area contributed by atoms with E-state index in [0.29, 0.717) is 5.82 Å². The SMILES string of the molecule is COc1ccc(Br)c2nc(N)c(C)cc12. The second-order valence-corrected chi connectivity index (χ2v) is 4.19. The highest BCUT2D eigenvalue weighted by atomic mass is 79.9. The summed E-state index contributed by atoms with van der Waals surface area (Å²) in [6.45, 7) is 1.93. The number of nitrogens with two attached hydrogens (primary N) is 1. The summed E-state index contributed by atoms with van der Waals surface area (Å²) in [5.74, 6) is 1.36. The van der Waals surface area contributed by atoms with Crippen LogP contribution in [-0.2, 0) is 0 Å². The smallest absolute Gasteiger partial charge is 0.128 e. The molecule has 3 nitrogen and oxygen atoms in total. The molecule has 1 heterocycles. The number of nitrogens with zero attached hydrogens (tertiary/aromatic N) is 1. The number of benzene rings is 1. The molecule has 78 valence electrons. The quantitative estimate of drug-likeness (QED) is 0.864. The maximum atomic E-state index is 5.77. The van der Waals surface area contributed by atoms with E-state index in [0.717, 1.165) is 26.7 Å². The number of ether oxygens (including phenoxy) is 1. The summed E-state index contributed by atoms with van der Waals surface area (Å²) in [4.78, 5) is 4.33. The van der Waals surface area contributed by atoms with Gasteiger partial charge in [-0.05, 0) is 46.6 Å². The molecule has 0 aliphatic rings. The fourth-order valence-electron chi connectivity index (χ4n) is 1.49. The zero-order valence-electron chi connectivity index (χ0n) is 8.54. The highest BCUT2D eigenvalue weighted by Gasteiger charge is 2.08. The van der Waals surface area contributed by atoms with E-state index in [2.05, 4.69) is 20.9 Å². The van der Waals surface area contributed by atoms with Gasteiger partial charge in [0.05, 0.1) is 12.6 Å². The second kappa shape index (κ2) is 3.70. The van der Waals surface area contributed by atoms with Crippen molar-refractivity contribution < 1.29 is 4.74 Å². The van der Waals surface area contributed by atoms with E-state index in [1.807, 2.05) is 25.1 Å². The molecule has 0 atom stereocenters. The van der Waals surface area contributed by atoms with Crippen molar-refractivity contribution in [1.29, 1.82) is 0 Å². The number of anilines is 1. The van der Waals surface area contributed by atoms with Crippen LogP contribution in [0.2, 0.25) is 0 Å². The van der Waals surface area contributed by atoms with E-state index in [1.165, 1.54) is 0 Å². The largest absolute Gasteiger partial charge is 0.496 e. The van der Waals surface area contributed by atoms with E-state index in [-0.39, 0.29) is 0 Å². The Bertz CT molecular complexity index is 525. The highest BCUT2D eigenvalue weighted by Crippen LogP contribution is 2.32. The van der Waals surface area contributed by atoms with Gasteiger partial charge < -0.3 is 10.5 Å². The Labute approximate surface area is 96.4 Å². The number of rotatable bonds is 1. The topological polar surface area (TPSA) is 48.1 Å². The molecule has 15 heavy (non-hydrogen) atoms. The van der Waals surface area contributed by atoms with Crippen molar-refractivity contribution in [2.24, 2.45) is 0 Å². The van der Waals surface area contributed by atoms with Gasteiger partial charge in [-0.15, -0.1) is 0 Å². The molecule has 2 N–H and O–H groups in total. The monoisotopic (exact) mass is 266 g/mol. The summed E-state index contributed by atoms with van der Waals surface area (Å²) in [6.07, 6.45) is 0. The zero-order valence-corrected chi connectivity index (χ0v) is 10.1. The summed E-state index contributed by atoms with van der Waals surface area (Å²) in [6, 6.07) is 5.80. The molecular formula is C11H11BrN2O. The second-order valence-electron chi connectivity index (χ2n) is 3.34. The molecule has 0 fully saturated rings. The van der Waals surface area contributed by atoms with E-state index in [4.69, 9.17) is 10.5 Å². The van der Waals surface area contributed by atoms with Crippen molar-refractivity contribution in [3.8, 4) is 5.75 Å². The maximum Gasteiger partial charge on any atom is 0.128 e. The molecular weight excluding hydrogens is 256 g/mol. The van der Waals surface area contributed by atoms with Crippen molar-refractivity contribution in [3.05, 3.63) is 28.2 Å². The molecule has 0 saturated carbocycles. The minimum absolute atomic E-state index is 0.552. The summed E-state index contributed by atoms with van der Waals surface area (Å²) in [5.41, 5.74) is 7.56. The van der Waals surface area contributed by atoms with Crippen molar-refractivity contribution in [2.45, 2.75) is 6.92 Å². The van der Waals surface area contributed by atoms with Crippen molar-refractivity contribution in [3.63, 3.8) is 0 Å². The summed E-state index contributed by atoms with van der Waals surface area (Å²) in [5, 5.41) is 0.971. The van der Waals surface area contributed by atoms with Gasteiger partial charge in [0.2, 0.25) is 0 Å². The average molecular weight is 267 g/mol. The molecule has 0 saturated heterocycles. The molecule has 2 rings (SSSR count). The molecule has 0 amide bonds. The van der Waals surface area contributed by atoms with Gasteiger partial charge in [-0.1, -0.05) is 0 Å². The Kier molecular flexibility index (Phi) is 2.52. The number of aryl methyl sites for hydroxylation is 1. The third-order valence-electron chi connectivity index (χ3n) is 2.34. The number of hydrogen-bond acceptors (Lipinski definition) is 3. The molecule has 0 aliphatic carbocycles. The number of halogens is 1. The van der Waals surface area contributed by atoms with E-state index < -0.39 is 0 Å². The Morgan fingerprint density at radius 2 is 2.13 bits per heavy atom. The minimum atomic E-state index is 0.552. The molecule has 0 bridgehead atoms. The fourth-order valence-corrected chi connectivity index (χ4v) is 1.93. The van der Waals surface area contributed by atoms with Crippen LogP contribution in [0.5, 0.6) is 5.75 Å². The van der Waals surface area contributed by atoms with E-state index >= 15 is 0 Å². The van der Waals surface area contributed by atoms with Gasteiger partial charge in [-0.3, -0.25) is 0 Å². The molecule has 2 aromatic rings. The van der Waals surface area contributed by atoms with Crippen LogP contribution in [0.3, 0.4) is 0 Å². The summed E-state index contributed by atoms with van der Waals surface area (Å²) < 4.78 is 6.20. The van der Waals surface area contributed by atoms with Crippen LogP contribution >= 0.6 is 15.9 Å². The third-order valence-corrected chi connectivity index (χ3v) is 2.98. The predicted molar refractivity (Wildman–Crippen MR) is 65.1 cm³/mol. The first-order valence-corrected chi connectivity index (χ1v) is 5.32. The van der Waals surface area contributed by atoms with Gasteiger partial charge in [-0.25, -0.2) is 4.98 Å². The number of nitrogen functional groups attached to an aromatic ring is 1.